The van der Waals surface area contributed by atoms with Gasteiger partial charge in [0.1, 0.15) is 0 Å². The number of rotatable bonds is 1. The highest BCUT2D eigenvalue weighted by Crippen LogP contribution is 2.46. The Hall–Kier alpha value is 0.310. The van der Waals surface area contributed by atoms with Crippen LogP contribution < -0.4 is 0 Å². The lowest BCUT2D eigenvalue weighted by Gasteiger charge is -2.22. The summed E-state index contributed by atoms with van der Waals surface area (Å²) in [5.41, 5.74) is 0.767. The van der Waals surface area contributed by atoms with Crippen LogP contribution in [0.1, 0.15) is 32.1 Å². The molecule has 0 aromatic heterocycles. The van der Waals surface area contributed by atoms with Crippen LogP contribution in [0, 0.1) is 5.41 Å². The zero-order valence-electron chi connectivity index (χ0n) is 7.31. The maximum Gasteiger partial charge on any atom is 0.0146 e. The Balaban J connectivity index is 1.96. The van der Waals surface area contributed by atoms with Crippen LogP contribution >= 0.6 is 11.9 Å². The van der Waals surface area contributed by atoms with Crippen LogP contribution in [0.25, 0.3) is 0 Å². The highest BCUT2D eigenvalue weighted by molar-refractivity contribution is 7.96. The first-order valence-corrected chi connectivity index (χ1v) is 5.82. The van der Waals surface area contributed by atoms with Gasteiger partial charge in [0.15, 0.2) is 0 Å². The summed E-state index contributed by atoms with van der Waals surface area (Å²) in [5.74, 6) is 0. The van der Waals surface area contributed by atoms with E-state index in [2.05, 4.69) is 10.6 Å². The van der Waals surface area contributed by atoms with Crippen molar-refractivity contribution in [3.05, 3.63) is 0 Å². The van der Waals surface area contributed by atoms with E-state index in [0.29, 0.717) is 0 Å². The van der Waals surface area contributed by atoms with Gasteiger partial charge in [0, 0.05) is 13.1 Å². The molecule has 1 spiro atoms. The molecule has 2 heteroatoms. The summed E-state index contributed by atoms with van der Waals surface area (Å²) in [5, 5.41) is 0. The molecule has 0 aromatic carbocycles. The number of hydrogen-bond acceptors (Lipinski definition) is 2. The van der Waals surface area contributed by atoms with Crippen molar-refractivity contribution >= 4 is 11.9 Å². The molecule has 0 amide bonds. The molecule has 2 aliphatic rings. The minimum Gasteiger partial charge on any atom is -0.250 e. The molecule has 0 radical (unpaired) electrons. The minimum atomic E-state index is 0.767. The SMILES string of the molecule is CSN1CCC2(CCCC2)C1. The molecule has 0 unspecified atom stereocenters. The second-order valence-corrected chi connectivity index (χ2v) is 4.88. The van der Waals surface area contributed by atoms with Crippen molar-refractivity contribution in [2.75, 3.05) is 19.3 Å². The first kappa shape index (κ1) is 7.93. The Morgan fingerprint density at radius 2 is 1.91 bits per heavy atom. The van der Waals surface area contributed by atoms with E-state index in [9.17, 15) is 0 Å². The Labute approximate surface area is 73.7 Å². The lowest BCUT2D eigenvalue weighted by Crippen LogP contribution is -2.19. The van der Waals surface area contributed by atoms with Crippen molar-refractivity contribution < 1.29 is 0 Å². The van der Waals surface area contributed by atoms with Crippen LogP contribution in [0.3, 0.4) is 0 Å². The summed E-state index contributed by atoms with van der Waals surface area (Å²) in [4.78, 5) is 0. The van der Waals surface area contributed by atoms with E-state index in [1.54, 1.807) is 0 Å². The van der Waals surface area contributed by atoms with E-state index in [4.69, 9.17) is 0 Å². The third-order valence-electron chi connectivity index (χ3n) is 3.33. The van der Waals surface area contributed by atoms with Crippen molar-refractivity contribution in [1.29, 1.82) is 0 Å². The molecule has 2 rings (SSSR count). The van der Waals surface area contributed by atoms with Gasteiger partial charge in [0.05, 0.1) is 0 Å². The van der Waals surface area contributed by atoms with Crippen LogP contribution in [-0.2, 0) is 0 Å². The van der Waals surface area contributed by atoms with Gasteiger partial charge in [-0.15, -0.1) is 0 Å². The van der Waals surface area contributed by atoms with Crippen molar-refractivity contribution in [3.8, 4) is 0 Å². The normalized spacial score (nSPS) is 30.3. The fraction of sp³-hybridized carbons (Fsp3) is 1.00. The topological polar surface area (TPSA) is 3.24 Å². The van der Waals surface area contributed by atoms with E-state index in [1.165, 1.54) is 45.2 Å². The van der Waals surface area contributed by atoms with Gasteiger partial charge in [-0.2, -0.15) is 0 Å². The zero-order chi connectivity index (χ0) is 7.73. The fourth-order valence-corrected chi connectivity index (χ4v) is 3.26. The summed E-state index contributed by atoms with van der Waals surface area (Å²) < 4.78 is 2.53. The van der Waals surface area contributed by atoms with Crippen LogP contribution in [0.2, 0.25) is 0 Å². The van der Waals surface area contributed by atoms with Gasteiger partial charge < -0.3 is 0 Å². The summed E-state index contributed by atoms with van der Waals surface area (Å²) >= 11 is 1.93. The Kier molecular flexibility index (Phi) is 2.15. The molecule has 1 saturated carbocycles. The first-order valence-electron chi connectivity index (χ1n) is 4.64. The average Bonchev–Trinajstić information content (AvgIpc) is 2.62. The molecule has 0 bridgehead atoms. The predicted molar refractivity (Wildman–Crippen MR) is 50.6 cm³/mol. The standard InChI is InChI=1S/C9H17NS/c1-11-10-7-6-9(8-10)4-2-3-5-9/h2-8H2,1H3. The van der Waals surface area contributed by atoms with Crippen molar-refractivity contribution in [2.24, 2.45) is 5.41 Å². The molecule has 2 fully saturated rings. The zero-order valence-corrected chi connectivity index (χ0v) is 8.12. The third-order valence-corrected chi connectivity index (χ3v) is 4.15. The summed E-state index contributed by atoms with van der Waals surface area (Å²) in [6, 6.07) is 0. The quantitative estimate of drug-likeness (QED) is 0.558. The fourth-order valence-electron chi connectivity index (χ4n) is 2.58. The van der Waals surface area contributed by atoms with E-state index in [1.807, 2.05) is 11.9 Å². The number of hydrogen-bond donors (Lipinski definition) is 0. The van der Waals surface area contributed by atoms with Crippen molar-refractivity contribution in [2.45, 2.75) is 32.1 Å². The lowest BCUT2D eigenvalue weighted by atomic mass is 9.86. The average molecular weight is 171 g/mol. The van der Waals surface area contributed by atoms with E-state index in [-0.39, 0.29) is 0 Å². The van der Waals surface area contributed by atoms with E-state index >= 15 is 0 Å². The van der Waals surface area contributed by atoms with Gasteiger partial charge in [-0.05, 0) is 30.9 Å². The molecule has 0 aromatic rings. The Morgan fingerprint density at radius 1 is 1.18 bits per heavy atom. The van der Waals surface area contributed by atoms with Gasteiger partial charge in [-0.25, -0.2) is 0 Å². The molecule has 11 heavy (non-hydrogen) atoms. The van der Waals surface area contributed by atoms with Crippen molar-refractivity contribution in [3.63, 3.8) is 0 Å². The van der Waals surface area contributed by atoms with Crippen LogP contribution in [0.4, 0.5) is 0 Å². The van der Waals surface area contributed by atoms with Crippen LogP contribution in [0.15, 0.2) is 0 Å². The van der Waals surface area contributed by atoms with Gasteiger partial charge in [0.25, 0.3) is 0 Å². The van der Waals surface area contributed by atoms with Gasteiger partial charge >= 0.3 is 0 Å². The number of nitrogens with zero attached hydrogens (tertiary/aromatic N) is 1. The smallest absolute Gasteiger partial charge is 0.0146 e. The van der Waals surface area contributed by atoms with Crippen LogP contribution in [-0.4, -0.2) is 23.7 Å². The molecule has 1 saturated heterocycles. The maximum absolute atomic E-state index is 2.53. The molecular weight excluding hydrogens is 154 g/mol. The minimum absolute atomic E-state index is 0.767. The maximum atomic E-state index is 2.53. The molecule has 1 heterocycles. The molecule has 1 nitrogen and oxygen atoms in total. The second kappa shape index (κ2) is 2.98. The van der Waals surface area contributed by atoms with Gasteiger partial charge in [-0.3, -0.25) is 4.31 Å². The highest BCUT2D eigenvalue weighted by atomic mass is 32.2. The summed E-state index contributed by atoms with van der Waals surface area (Å²) in [6.45, 7) is 2.70. The molecule has 0 atom stereocenters. The Morgan fingerprint density at radius 3 is 2.45 bits per heavy atom. The molecule has 64 valence electrons. The predicted octanol–water partition coefficient (Wildman–Crippen LogP) is 2.53. The summed E-state index contributed by atoms with van der Waals surface area (Å²) in [6.07, 6.45) is 9.65. The Bertz CT molecular complexity index is 140. The van der Waals surface area contributed by atoms with Crippen molar-refractivity contribution in [1.82, 2.24) is 4.31 Å². The van der Waals surface area contributed by atoms with E-state index < -0.39 is 0 Å². The molecule has 1 aliphatic heterocycles. The molecule has 0 N–H and O–H groups in total. The second-order valence-electron chi connectivity index (χ2n) is 4.00. The molecule has 1 aliphatic carbocycles. The monoisotopic (exact) mass is 171 g/mol. The van der Waals surface area contributed by atoms with Gasteiger partial charge in [0.2, 0.25) is 0 Å². The lowest BCUT2D eigenvalue weighted by molar-refractivity contribution is 0.320. The van der Waals surface area contributed by atoms with E-state index in [0.717, 1.165) is 5.41 Å². The molecular formula is C9H17NS. The van der Waals surface area contributed by atoms with Crippen LogP contribution in [0.5, 0.6) is 0 Å². The largest absolute Gasteiger partial charge is 0.250 e. The summed E-state index contributed by atoms with van der Waals surface area (Å²) in [7, 11) is 0. The highest BCUT2D eigenvalue weighted by Gasteiger charge is 2.39. The van der Waals surface area contributed by atoms with Gasteiger partial charge in [-0.1, -0.05) is 24.8 Å². The first-order chi connectivity index (χ1) is 5.35. The third kappa shape index (κ3) is 1.43.